The summed E-state index contributed by atoms with van der Waals surface area (Å²) in [6.07, 6.45) is 12.6. The molecule has 12 bridgehead atoms. The first-order valence-electron chi connectivity index (χ1n) is 52.2. The lowest BCUT2D eigenvalue weighted by molar-refractivity contribution is -0.141. The average molecular weight is 2090 g/mol. The number of ether oxygens (including phenoxy) is 3. The van der Waals surface area contributed by atoms with Crippen molar-refractivity contribution in [3.63, 3.8) is 0 Å². The van der Waals surface area contributed by atoms with Crippen molar-refractivity contribution in [1.29, 1.82) is 0 Å². The Balaban J connectivity index is 0.000000158. The van der Waals surface area contributed by atoms with Crippen LogP contribution in [0.3, 0.4) is 0 Å². The van der Waals surface area contributed by atoms with Gasteiger partial charge in [0.1, 0.15) is 36.4 Å². The number of unbranched alkanes of at least 4 members (excludes halogenated alkanes) is 1. The summed E-state index contributed by atoms with van der Waals surface area (Å²) in [6.45, 7) is 22.3. The van der Waals surface area contributed by atoms with Crippen LogP contribution in [-0.4, -0.2) is 289 Å². The molecule has 15 amide bonds. The first-order chi connectivity index (χ1) is 70.0. The van der Waals surface area contributed by atoms with Crippen LogP contribution in [0.15, 0.2) is 92.6 Å². The molecule has 0 radical (unpaired) electrons. The van der Waals surface area contributed by atoms with Crippen molar-refractivity contribution in [2.24, 2.45) is 39.9 Å². The van der Waals surface area contributed by atoms with Crippen molar-refractivity contribution >= 4 is 119 Å². The van der Waals surface area contributed by atoms with Gasteiger partial charge in [-0.2, -0.15) is 0 Å². The molecule has 15 aliphatic rings. The lowest BCUT2D eigenvalue weighted by Crippen LogP contribution is -2.56. The van der Waals surface area contributed by atoms with Crippen LogP contribution in [0.5, 0.6) is 0 Å². The molecule has 9 fully saturated rings. The molecule has 18 rings (SSSR count). The highest BCUT2D eigenvalue weighted by Crippen LogP contribution is 2.60. The molecule has 39 nitrogen and oxygen atoms in total. The monoisotopic (exact) mass is 2090 g/mol. The predicted octanol–water partition coefficient (Wildman–Crippen LogP) is 8.90. The van der Waals surface area contributed by atoms with E-state index in [-0.39, 0.29) is 95.8 Å². The van der Waals surface area contributed by atoms with Crippen molar-refractivity contribution in [2.45, 2.75) is 317 Å². The van der Waals surface area contributed by atoms with E-state index in [1.807, 2.05) is 43.3 Å². The zero-order valence-corrected chi connectivity index (χ0v) is 87.6. The molecule has 147 heavy (non-hydrogen) atoms. The van der Waals surface area contributed by atoms with Crippen LogP contribution in [0.4, 0.5) is 28.8 Å². The Hall–Kier alpha value is -11.8. The number of rotatable bonds is 26. The minimum absolute atomic E-state index is 0.0117. The van der Waals surface area contributed by atoms with Gasteiger partial charge >= 0.3 is 36.4 Å². The van der Waals surface area contributed by atoms with Gasteiger partial charge in [0.25, 0.3) is 0 Å². The molecule has 9 aliphatic heterocycles. The van der Waals surface area contributed by atoms with Gasteiger partial charge in [-0.25, -0.2) is 54.0 Å². The number of allylic oxidation sites excluding steroid dienone is 3. The molecular weight excluding hydrogens is 1950 g/mol. The molecule has 6 N–H and O–H groups in total. The lowest BCUT2D eigenvalue weighted by atomic mass is 9.91. The summed E-state index contributed by atoms with van der Waals surface area (Å²) < 4.78 is 100. The Morgan fingerprint density at radius 3 is 1.01 bits per heavy atom. The second-order valence-corrected chi connectivity index (χ2v) is 49.3. The number of nitrogens with one attached hydrogen (secondary N) is 6. The second kappa shape index (κ2) is 44.1. The quantitative estimate of drug-likeness (QED) is 0.0322. The fourth-order valence-electron chi connectivity index (χ4n) is 22.6. The number of urea groups is 3. The van der Waals surface area contributed by atoms with E-state index in [9.17, 15) is 97.2 Å². The van der Waals surface area contributed by atoms with Crippen LogP contribution in [0.25, 0.3) is 0 Å². The first kappa shape index (κ1) is 108. The van der Waals surface area contributed by atoms with Crippen molar-refractivity contribution in [1.82, 2.24) is 74.2 Å². The zero-order chi connectivity index (χ0) is 105. The molecule has 15 atom stereocenters. The Morgan fingerprint density at radius 2 is 0.721 bits per heavy atom. The molecule has 798 valence electrons. The fourth-order valence-corrected chi connectivity index (χ4v) is 26.7. The summed E-state index contributed by atoms with van der Waals surface area (Å²) in [5.41, 5.74) is 6.02. The minimum atomic E-state index is -3.85. The van der Waals surface area contributed by atoms with Gasteiger partial charge in [-0.1, -0.05) is 113 Å². The number of carbonyl (C=O) groups is 15. The fraction of sp³-hybridized carbons (Fsp3) is 0.629. The number of aryl methyl sites for hydroxylation is 3. The second-order valence-electron chi connectivity index (χ2n) is 43.4. The molecule has 3 aromatic carbocycles. The number of sulfonamides is 3. The first-order valence-corrected chi connectivity index (χ1v) is 56.9. The summed E-state index contributed by atoms with van der Waals surface area (Å²) in [5, 5.41) is 6.75. The van der Waals surface area contributed by atoms with Crippen LogP contribution in [0, 0.1) is 39.9 Å². The highest BCUT2D eigenvalue weighted by atomic mass is 32.2. The number of hydrogen-bond donors (Lipinski definition) is 6. The van der Waals surface area contributed by atoms with Crippen molar-refractivity contribution in [2.75, 3.05) is 60.4 Å². The molecule has 0 aromatic heterocycles. The van der Waals surface area contributed by atoms with Crippen LogP contribution < -0.4 is 30.1 Å². The standard InChI is InChI=1S/C36H49N5O8S.C35H47N5O8S.C34H45N5O8S/c1-4-6-13-29-32(43)41-21-26(17-30(41)31(42)19-36(18-25(36)5-2)33(44)38-50(47,48)27-14-15-27)49-35(46)40-20-24-12-9-11-23(28(24)22-40)10-7-8-16-39(3)34(45)37-29;1-5-24-16-35(24,32(43)37-49(46,47)26-12-13-26)17-29(41)28-15-25-19-40(28)31(42)30(21(2)3)36-33(44)38(4)14-7-6-9-22-10-8-11-23-18-39(20-27(22)23)34(45)48-25;1-4-23-16-34(23,31(42)36-48(45,46)25-12-13-25)17-29(40)28-15-24-19-39(28)30(41)27(5-2)35-32(43)37(3)14-7-6-9-21-10-8-11-22-18-38(20-26(21)22)33(44)47-24/h5,9,11-12,25-27,29-30H,2,4,6-8,10,13-22H2,1,3H3,(H,37,45)(H,38,44);5,8,10-11,21,24-26,28,30H,1,6-7,9,12-20H2,2-4H3,(H,36,44)(H,37,43);4,8,10-11,23-25,27-28H,1,5-7,9,12-20H2,2-3H3,(H,35,43)(H,36,42)/t25-,26-,29+,30+,36-;24-,25-,28+,30+,35-;23-,24-,27+,28+,34-/m111/s1. The van der Waals surface area contributed by atoms with Crippen LogP contribution in [-0.2, 0) is 146 Å². The molecule has 0 unspecified atom stereocenters. The molecular formula is C105H141N15O24S3. The van der Waals surface area contributed by atoms with Gasteiger partial charge in [0.15, 0.2) is 17.3 Å². The van der Waals surface area contributed by atoms with E-state index in [4.69, 9.17) is 14.2 Å². The number of benzene rings is 3. The average Bonchev–Trinajstić information content (AvgIpc) is 1.58. The summed E-state index contributed by atoms with van der Waals surface area (Å²) >= 11 is 0. The van der Waals surface area contributed by atoms with Crippen LogP contribution in [0.2, 0.25) is 0 Å². The number of fused-ring (bicyclic) bond motifs is 9. The van der Waals surface area contributed by atoms with Gasteiger partial charge in [0.05, 0.1) is 69.8 Å². The van der Waals surface area contributed by atoms with Gasteiger partial charge in [-0.15, -0.1) is 19.7 Å². The van der Waals surface area contributed by atoms with E-state index >= 15 is 0 Å². The Kier molecular flexibility index (Phi) is 32.4. The summed E-state index contributed by atoms with van der Waals surface area (Å²) in [7, 11) is -6.47. The van der Waals surface area contributed by atoms with Gasteiger partial charge in [-0.3, -0.25) is 72.0 Å². The molecule has 6 aliphatic carbocycles. The highest BCUT2D eigenvalue weighted by molar-refractivity contribution is 7.91. The third kappa shape index (κ3) is 23.9. The Bertz CT molecular complexity index is 6090. The van der Waals surface area contributed by atoms with Gasteiger partial charge < -0.3 is 59.6 Å². The molecule has 6 saturated carbocycles. The number of carbonyl (C=O) groups excluding carboxylic acids is 15. The van der Waals surface area contributed by atoms with Crippen molar-refractivity contribution in [3.05, 3.63) is 143 Å². The normalized spacial score (nSPS) is 29.1. The van der Waals surface area contributed by atoms with Gasteiger partial charge in [-0.05, 0) is 202 Å². The van der Waals surface area contributed by atoms with E-state index in [0.29, 0.717) is 110 Å². The van der Waals surface area contributed by atoms with Crippen LogP contribution >= 0.6 is 0 Å². The van der Waals surface area contributed by atoms with E-state index < -0.39 is 218 Å². The van der Waals surface area contributed by atoms with E-state index in [1.165, 1.54) is 14.7 Å². The van der Waals surface area contributed by atoms with E-state index in [2.05, 4.69) is 68.1 Å². The maximum atomic E-state index is 14.3. The number of hydrogen-bond acceptors (Lipinski definition) is 24. The maximum absolute atomic E-state index is 14.3. The summed E-state index contributed by atoms with van der Waals surface area (Å²) in [6, 6.07) is 11.0. The third-order valence-electron chi connectivity index (χ3n) is 32.5. The lowest BCUT2D eigenvalue weighted by Gasteiger charge is -2.32. The Labute approximate surface area is 859 Å². The van der Waals surface area contributed by atoms with E-state index in [0.717, 1.165) is 114 Å². The predicted molar refractivity (Wildman–Crippen MR) is 538 cm³/mol. The molecule has 42 heteroatoms. The Morgan fingerprint density at radius 1 is 0.422 bits per heavy atom. The minimum Gasteiger partial charge on any atom is -0.444 e. The summed E-state index contributed by atoms with van der Waals surface area (Å²) in [5.74, 6) is -6.50. The largest absolute Gasteiger partial charge is 0.444 e. The number of amides is 15. The summed E-state index contributed by atoms with van der Waals surface area (Å²) in [4.78, 5) is 219. The topological polar surface area (TPSA) is 487 Å². The van der Waals surface area contributed by atoms with E-state index in [1.54, 1.807) is 89.5 Å². The number of Topliss-reactive ketones (excluding diaryl/α,β-unsaturated/α-hetero) is 3. The van der Waals surface area contributed by atoms with Gasteiger partial charge in [0.2, 0.25) is 65.5 Å². The van der Waals surface area contributed by atoms with Gasteiger partial charge in [0, 0.05) is 119 Å². The molecule has 0 spiro atoms. The van der Waals surface area contributed by atoms with Crippen LogP contribution in [0.1, 0.15) is 238 Å². The molecule has 3 aromatic rings. The van der Waals surface area contributed by atoms with Crippen molar-refractivity contribution in [3.8, 4) is 0 Å². The number of ketones is 3. The van der Waals surface area contributed by atoms with Crippen molar-refractivity contribution < 1.29 is 111 Å². The maximum Gasteiger partial charge on any atom is 0.410 e. The smallest absolute Gasteiger partial charge is 0.410 e. The zero-order valence-electron chi connectivity index (χ0n) is 85.1. The highest BCUT2D eigenvalue weighted by Gasteiger charge is 2.65. The number of nitrogens with zero attached hydrogens (tertiary/aromatic N) is 9. The third-order valence-corrected chi connectivity index (χ3v) is 38.0. The molecule has 3 saturated heterocycles. The molecule has 9 heterocycles. The SMILES string of the molecule is C=C[C@@H]1C[C@]1(CC(=O)[C@@H]1C[C@@H]2CN1C(=O)[C@H](C(C)C)NC(=O)N(C)CCCCc1cccc3c1CN(C3)C(=O)O2)C(=O)NS(=O)(=O)C1CC1.C=C[C@@H]1C[C@]1(CC(=O)[C@@H]1C[C@@H]2CN1C(=O)[C@H](CC)NC(=O)N(C)CCCCc1cccc3c1CN(C3)C(=O)O2)C(=O)NS(=O)(=O)C1CC1.C=C[C@@H]1C[C@]1(CC(=O)[C@@H]1C[C@@H]2CN1C(=O)[C@H](CCCC)NC(=O)N(C)CCCCc1cccc3c1CN(C3)C(=O)O2)C(=O)NS(=O)(=O)C1CC1.